The van der Waals surface area contributed by atoms with Crippen LogP contribution in [0.1, 0.15) is 0 Å². The predicted octanol–water partition coefficient (Wildman–Crippen LogP) is -4.83. The quantitative estimate of drug-likeness (QED) is 0.352. The number of carboxylic acid groups (broad SMARTS) is 2. The second-order valence-electron chi connectivity index (χ2n) is 3.29. The summed E-state index contributed by atoms with van der Waals surface area (Å²) in [4.78, 5) is 26.4. The molecule has 0 fully saturated rings. The molecule has 0 saturated carbocycles. The molecule has 0 atom stereocenters. The molecule has 25 heavy (non-hydrogen) atoms. The first-order chi connectivity index (χ1) is 10.3. The Morgan fingerprint density at radius 1 is 0.880 bits per heavy atom. The summed E-state index contributed by atoms with van der Waals surface area (Å²) in [7, 11) is 0. The monoisotopic (exact) mass is 441 g/mol. The molecule has 0 spiro atoms. The van der Waals surface area contributed by atoms with E-state index >= 15 is 0 Å². The number of carboxylic acids is 2. The van der Waals surface area contributed by atoms with Crippen LogP contribution in [0.4, 0.5) is 10.3 Å². The average molecular weight is 441 g/mol. The normalized spacial score (nSPS) is 7.92. The van der Waals surface area contributed by atoms with E-state index in [-0.39, 0.29) is 40.8 Å². The summed E-state index contributed by atoms with van der Waals surface area (Å²) < 4.78 is 0. The fourth-order valence-corrected chi connectivity index (χ4v) is 1.92. The number of hydrogen-bond donors (Lipinski definition) is 4. The van der Waals surface area contributed by atoms with Crippen molar-refractivity contribution in [2.75, 3.05) is 24.6 Å². The van der Waals surface area contributed by atoms with Crippen LogP contribution in [-0.2, 0) is 26.4 Å². The molecule has 0 aliphatic heterocycles. The maximum absolute atomic E-state index is 9.13. The van der Waals surface area contributed by atoms with E-state index in [4.69, 9.17) is 31.3 Å². The van der Waals surface area contributed by atoms with E-state index in [0.29, 0.717) is 10.3 Å². The SMILES string of the molecule is NCC(=O)[O-].NCC(=O)[O-].Nc1nc(-c2csc(N)n2)cs1.O.O.[Co+2]. The van der Waals surface area contributed by atoms with Gasteiger partial charge in [-0.1, -0.05) is 0 Å². The van der Waals surface area contributed by atoms with E-state index in [1.54, 1.807) is 0 Å². The molecule has 0 saturated heterocycles. The largest absolute Gasteiger partial charge is 2.00 e. The topological polar surface area (TPSA) is 273 Å². The van der Waals surface area contributed by atoms with Crippen LogP contribution in [-0.4, -0.2) is 45.9 Å². The number of nitrogens with zero attached hydrogens (tertiary/aromatic N) is 2. The number of carbonyl (C=O) groups is 2. The van der Waals surface area contributed by atoms with Gasteiger partial charge in [-0.3, -0.25) is 0 Å². The second-order valence-corrected chi connectivity index (χ2v) is 5.07. The summed E-state index contributed by atoms with van der Waals surface area (Å²) in [6, 6.07) is 0. The fraction of sp³-hybridized carbons (Fsp3) is 0.200. The third kappa shape index (κ3) is 15.4. The fourth-order valence-electron chi connectivity index (χ4n) is 0.811. The summed E-state index contributed by atoms with van der Waals surface area (Å²) >= 11 is 2.80. The molecule has 15 heteroatoms. The van der Waals surface area contributed by atoms with Gasteiger partial charge in [0, 0.05) is 23.8 Å². The molecule has 145 valence electrons. The van der Waals surface area contributed by atoms with Crippen molar-refractivity contribution in [3.63, 3.8) is 0 Å². The first kappa shape index (κ1) is 31.0. The maximum Gasteiger partial charge on any atom is 2.00 e. The molecule has 2 aromatic rings. The Morgan fingerprint density at radius 2 is 1.12 bits per heavy atom. The van der Waals surface area contributed by atoms with Crippen LogP contribution in [0.2, 0.25) is 0 Å². The molecule has 2 aromatic heterocycles. The van der Waals surface area contributed by atoms with E-state index in [1.165, 1.54) is 22.7 Å². The van der Waals surface area contributed by atoms with Crippen molar-refractivity contribution in [1.82, 2.24) is 9.97 Å². The van der Waals surface area contributed by atoms with Crippen molar-refractivity contribution in [1.29, 1.82) is 0 Å². The van der Waals surface area contributed by atoms with Gasteiger partial charge in [-0.25, -0.2) is 9.97 Å². The van der Waals surface area contributed by atoms with Crippen LogP contribution in [0.5, 0.6) is 0 Å². The number of carbonyl (C=O) groups excluding carboxylic acids is 2. The number of hydrogen-bond acceptors (Lipinski definition) is 12. The first-order valence-corrected chi connectivity index (χ1v) is 7.28. The summed E-state index contributed by atoms with van der Waals surface area (Å²) in [5.74, 6) is -2.44. The maximum atomic E-state index is 9.13. The minimum absolute atomic E-state index is 0. The minimum atomic E-state index is -1.22. The molecule has 0 aromatic carbocycles. The zero-order valence-electron chi connectivity index (χ0n) is 12.6. The molecule has 12 nitrogen and oxygen atoms in total. The molecule has 0 amide bonds. The summed E-state index contributed by atoms with van der Waals surface area (Å²) in [5.41, 5.74) is 21.6. The molecule has 2 heterocycles. The Morgan fingerprint density at radius 3 is 1.24 bits per heavy atom. The van der Waals surface area contributed by atoms with Crippen LogP contribution < -0.4 is 33.1 Å². The van der Waals surface area contributed by atoms with E-state index in [2.05, 4.69) is 21.4 Å². The third-order valence-corrected chi connectivity index (χ3v) is 2.99. The molecule has 0 aliphatic carbocycles. The molecular formula is C10H18CoN6O6S2. The number of rotatable bonds is 3. The van der Waals surface area contributed by atoms with Crippen LogP contribution in [0.15, 0.2) is 10.8 Å². The standard InChI is InChI=1S/C6H6N4S2.2C2H5NO2.Co.2H2O/c7-5-9-3(1-11-5)4-2-12-6(8)10-4;2*3-1-2(4)5;;;/h1-2H,(H2,7,9)(H2,8,10);2*1,3H2,(H,4,5);;2*1H2/q;;;+2;;/p-2. The van der Waals surface area contributed by atoms with Crippen molar-refractivity contribution in [2.45, 2.75) is 0 Å². The number of anilines is 2. The summed E-state index contributed by atoms with van der Waals surface area (Å²) in [6.45, 7) is -0.778. The van der Waals surface area contributed by atoms with Crippen LogP contribution in [0.3, 0.4) is 0 Å². The Labute approximate surface area is 160 Å². The smallest absolute Gasteiger partial charge is 0.549 e. The Hall–Kier alpha value is -1.85. The predicted molar refractivity (Wildman–Crippen MR) is 87.4 cm³/mol. The average Bonchev–Trinajstić information content (AvgIpc) is 3.08. The summed E-state index contributed by atoms with van der Waals surface area (Å²) in [5, 5.41) is 23.1. The van der Waals surface area contributed by atoms with E-state index in [0.717, 1.165) is 11.4 Å². The van der Waals surface area contributed by atoms with E-state index in [9.17, 15) is 0 Å². The molecule has 12 N–H and O–H groups in total. The van der Waals surface area contributed by atoms with Crippen molar-refractivity contribution in [3.8, 4) is 11.4 Å². The van der Waals surface area contributed by atoms with Gasteiger partial charge in [0.1, 0.15) is 11.4 Å². The van der Waals surface area contributed by atoms with Crippen LogP contribution in [0, 0.1) is 0 Å². The van der Waals surface area contributed by atoms with Gasteiger partial charge < -0.3 is 53.7 Å². The molecular weight excluding hydrogens is 423 g/mol. The first-order valence-electron chi connectivity index (χ1n) is 5.52. The molecule has 0 aliphatic rings. The van der Waals surface area contributed by atoms with Gasteiger partial charge >= 0.3 is 16.8 Å². The molecule has 0 bridgehead atoms. The van der Waals surface area contributed by atoms with E-state index in [1.807, 2.05) is 10.8 Å². The Kier molecular flexibility index (Phi) is 21.0. The zero-order valence-corrected chi connectivity index (χ0v) is 15.2. The van der Waals surface area contributed by atoms with Gasteiger partial charge in [0.25, 0.3) is 0 Å². The second kappa shape index (κ2) is 17.0. The number of aromatic nitrogens is 2. The van der Waals surface area contributed by atoms with Crippen LogP contribution in [0.25, 0.3) is 11.4 Å². The number of aliphatic carboxylic acids is 2. The van der Waals surface area contributed by atoms with E-state index < -0.39 is 11.9 Å². The molecule has 2 rings (SSSR count). The summed E-state index contributed by atoms with van der Waals surface area (Å²) in [6.07, 6.45) is 0. The van der Waals surface area contributed by atoms with Crippen molar-refractivity contribution < 1.29 is 47.5 Å². The van der Waals surface area contributed by atoms with Gasteiger partial charge in [0.15, 0.2) is 10.3 Å². The molecule has 1 radical (unpaired) electrons. The number of nitrogen functional groups attached to an aromatic ring is 2. The molecule has 0 unspecified atom stereocenters. The van der Waals surface area contributed by atoms with Crippen LogP contribution >= 0.6 is 22.7 Å². The Balaban J connectivity index is -0.000000147. The van der Waals surface area contributed by atoms with Gasteiger partial charge in [-0.15, -0.1) is 22.7 Å². The zero-order chi connectivity index (χ0) is 17.1. The Bertz CT molecular complexity index is 558. The van der Waals surface area contributed by atoms with Gasteiger partial charge in [0.2, 0.25) is 0 Å². The minimum Gasteiger partial charge on any atom is -0.549 e. The van der Waals surface area contributed by atoms with Gasteiger partial charge in [-0.2, -0.15) is 0 Å². The van der Waals surface area contributed by atoms with Gasteiger partial charge in [-0.05, 0) is 0 Å². The number of thiazole rings is 2. The van der Waals surface area contributed by atoms with Gasteiger partial charge in [0.05, 0.1) is 11.9 Å². The van der Waals surface area contributed by atoms with Crippen molar-refractivity contribution in [3.05, 3.63) is 10.8 Å². The number of nitrogens with two attached hydrogens (primary N) is 4. The van der Waals surface area contributed by atoms with Crippen molar-refractivity contribution >= 4 is 44.9 Å². The van der Waals surface area contributed by atoms with Crippen molar-refractivity contribution in [2.24, 2.45) is 11.5 Å². The third-order valence-electron chi connectivity index (χ3n) is 1.64.